The largest absolute Gasteiger partial charge is 0.496 e. The van der Waals surface area contributed by atoms with Crippen molar-refractivity contribution in [1.29, 1.82) is 0 Å². The van der Waals surface area contributed by atoms with Crippen molar-refractivity contribution in [3.8, 4) is 22.9 Å². The molecule has 1 aliphatic rings. The first-order chi connectivity index (χ1) is 13.2. The molecule has 27 heavy (non-hydrogen) atoms. The van der Waals surface area contributed by atoms with E-state index in [0.29, 0.717) is 0 Å². The summed E-state index contributed by atoms with van der Waals surface area (Å²) in [6.45, 7) is 4.20. The Kier molecular flexibility index (Phi) is 4.70. The maximum absolute atomic E-state index is 5.63. The Morgan fingerprint density at radius 1 is 1.11 bits per heavy atom. The molecule has 1 aromatic heterocycles. The van der Waals surface area contributed by atoms with Gasteiger partial charge in [0.05, 0.1) is 14.2 Å². The van der Waals surface area contributed by atoms with E-state index in [0.717, 1.165) is 45.6 Å². The first-order valence-corrected chi connectivity index (χ1v) is 9.73. The summed E-state index contributed by atoms with van der Waals surface area (Å²) in [6, 6.07) is 12.3. The summed E-state index contributed by atoms with van der Waals surface area (Å²) in [7, 11) is 3.37. The minimum Gasteiger partial charge on any atom is -0.496 e. The fourth-order valence-electron chi connectivity index (χ4n) is 3.32. The topological polar surface area (TPSA) is 61.2 Å². The quantitative estimate of drug-likeness (QED) is 0.714. The molecule has 2 aromatic carbocycles. The van der Waals surface area contributed by atoms with Crippen LogP contribution in [0, 0.1) is 6.92 Å². The molecule has 0 bridgehead atoms. The van der Waals surface area contributed by atoms with E-state index in [4.69, 9.17) is 9.47 Å². The third-order valence-electron chi connectivity index (χ3n) is 4.79. The minimum atomic E-state index is -0.00979. The van der Waals surface area contributed by atoms with Gasteiger partial charge in [-0.2, -0.15) is 0 Å². The maximum atomic E-state index is 5.63. The van der Waals surface area contributed by atoms with Crippen LogP contribution in [-0.2, 0) is 6.42 Å². The van der Waals surface area contributed by atoms with Gasteiger partial charge in [0.15, 0.2) is 5.82 Å². The zero-order chi connectivity index (χ0) is 19.0. The number of hydrogen-bond donors (Lipinski definition) is 1. The number of thioether (sulfide) groups is 1. The number of nitrogens with one attached hydrogen (secondary N) is 1. The SMILES string of the molecule is CCc1cc(C2Nn3c(nnc3-c3ccccc3C)S2)c(OC)cc1OC. The molecule has 1 unspecified atom stereocenters. The zero-order valence-electron chi connectivity index (χ0n) is 15.8. The Bertz CT molecular complexity index is 986. The van der Waals surface area contributed by atoms with E-state index in [9.17, 15) is 0 Å². The van der Waals surface area contributed by atoms with Gasteiger partial charge in [-0.25, -0.2) is 4.68 Å². The molecule has 4 rings (SSSR count). The molecule has 1 N–H and O–H groups in total. The highest BCUT2D eigenvalue weighted by atomic mass is 32.2. The number of fused-ring (bicyclic) bond motifs is 1. The third kappa shape index (κ3) is 3.02. The smallest absolute Gasteiger partial charge is 0.212 e. The van der Waals surface area contributed by atoms with Crippen LogP contribution >= 0.6 is 11.8 Å². The van der Waals surface area contributed by atoms with Crippen molar-refractivity contribution in [2.24, 2.45) is 0 Å². The Morgan fingerprint density at radius 2 is 1.89 bits per heavy atom. The van der Waals surface area contributed by atoms with Gasteiger partial charge in [0.1, 0.15) is 16.9 Å². The van der Waals surface area contributed by atoms with E-state index in [1.165, 1.54) is 5.56 Å². The second kappa shape index (κ2) is 7.15. The summed E-state index contributed by atoms with van der Waals surface area (Å²) < 4.78 is 13.1. The second-order valence-corrected chi connectivity index (χ2v) is 7.42. The molecule has 0 fully saturated rings. The number of ether oxygens (including phenoxy) is 2. The highest BCUT2D eigenvalue weighted by Gasteiger charge is 2.31. The van der Waals surface area contributed by atoms with E-state index in [1.807, 2.05) is 22.9 Å². The van der Waals surface area contributed by atoms with Crippen molar-refractivity contribution in [3.63, 3.8) is 0 Å². The number of aromatic nitrogens is 3. The van der Waals surface area contributed by atoms with E-state index >= 15 is 0 Å². The summed E-state index contributed by atoms with van der Waals surface area (Å²) >= 11 is 1.63. The number of aryl methyl sites for hydroxylation is 2. The zero-order valence-corrected chi connectivity index (χ0v) is 16.6. The number of nitrogens with zero attached hydrogens (tertiary/aromatic N) is 3. The van der Waals surface area contributed by atoms with Crippen LogP contribution in [0.4, 0.5) is 0 Å². The molecule has 0 saturated carbocycles. The molecule has 7 heteroatoms. The normalized spacial score (nSPS) is 15.3. The number of rotatable bonds is 5. The van der Waals surface area contributed by atoms with Gasteiger partial charge in [-0.05, 0) is 30.5 Å². The monoisotopic (exact) mass is 382 g/mol. The summed E-state index contributed by atoms with van der Waals surface area (Å²) in [5.74, 6) is 2.47. The first-order valence-electron chi connectivity index (χ1n) is 8.85. The highest BCUT2D eigenvalue weighted by molar-refractivity contribution is 7.99. The van der Waals surface area contributed by atoms with Crippen LogP contribution in [0.2, 0.25) is 0 Å². The molecule has 0 radical (unpaired) electrons. The second-order valence-electron chi connectivity index (χ2n) is 6.34. The molecule has 0 spiro atoms. The summed E-state index contributed by atoms with van der Waals surface area (Å²) in [5.41, 5.74) is 7.98. The fourth-order valence-corrected chi connectivity index (χ4v) is 4.33. The van der Waals surface area contributed by atoms with Crippen LogP contribution in [0.15, 0.2) is 41.6 Å². The van der Waals surface area contributed by atoms with Crippen molar-refractivity contribution < 1.29 is 9.47 Å². The Morgan fingerprint density at radius 3 is 2.59 bits per heavy atom. The van der Waals surface area contributed by atoms with Gasteiger partial charge < -0.3 is 14.9 Å². The standard InChI is InChI=1S/C20H22N4O2S/c1-5-13-10-15(17(26-4)11-16(13)25-3)19-23-24-18(21-22-20(24)27-19)14-9-7-6-8-12(14)2/h6-11,19,23H,5H2,1-4H3. The lowest BCUT2D eigenvalue weighted by molar-refractivity contribution is 0.388. The Hall–Kier alpha value is -2.67. The lowest BCUT2D eigenvalue weighted by Gasteiger charge is -2.18. The van der Waals surface area contributed by atoms with Gasteiger partial charge in [-0.1, -0.05) is 43.0 Å². The number of methoxy groups -OCH3 is 2. The lowest BCUT2D eigenvalue weighted by atomic mass is 10.1. The van der Waals surface area contributed by atoms with Gasteiger partial charge in [0.25, 0.3) is 0 Å². The molecular weight excluding hydrogens is 360 g/mol. The van der Waals surface area contributed by atoms with Crippen molar-refractivity contribution >= 4 is 11.8 Å². The predicted octanol–water partition coefficient (Wildman–Crippen LogP) is 4.18. The van der Waals surface area contributed by atoms with Crippen LogP contribution < -0.4 is 14.9 Å². The van der Waals surface area contributed by atoms with Gasteiger partial charge in [-0.3, -0.25) is 0 Å². The average Bonchev–Trinajstić information content (AvgIpc) is 3.28. The molecular formula is C20H22N4O2S. The summed E-state index contributed by atoms with van der Waals surface area (Å²) in [4.78, 5) is 0. The fraction of sp³-hybridized carbons (Fsp3) is 0.300. The predicted molar refractivity (Wildman–Crippen MR) is 107 cm³/mol. The minimum absolute atomic E-state index is 0.00979. The molecule has 3 aromatic rings. The highest BCUT2D eigenvalue weighted by Crippen LogP contribution is 2.45. The van der Waals surface area contributed by atoms with Crippen LogP contribution in [-0.4, -0.2) is 29.1 Å². The van der Waals surface area contributed by atoms with Gasteiger partial charge in [0, 0.05) is 17.2 Å². The van der Waals surface area contributed by atoms with Crippen LogP contribution in [0.1, 0.15) is 29.0 Å². The van der Waals surface area contributed by atoms with Gasteiger partial charge in [0.2, 0.25) is 5.16 Å². The molecule has 6 nitrogen and oxygen atoms in total. The number of hydrogen-bond acceptors (Lipinski definition) is 6. The van der Waals surface area contributed by atoms with Crippen LogP contribution in [0.3, 0.4) is 0 Å². The Balaban J connectivity index is 1.71. The summed E-state index contributed by atoms with van der Waals surface area (Å²) in [6.07, 6.45) is 0.887. The van der Waals surface area contributed by atoms with Crippen molar-refractivity contribution in [1.82, 2.24) is 14.9 Å². The molecule has 0 amide bonds. The first kappa shape index (κ1) is 17.7. The third-order valence-corrected chi connectivity index (χ3v) is 5.86. The molecule has 1 aliphatic heterocycles. The maximum Gasteiger partial charge on any atom is 0.212 e. The van der Waals surface area contributed by atoms with Crippen LogP contribution in [0.25, 0.3) is 11.4 Å². The van der Waals surface area contributed by atoms with Crippen molar-refractivity contribution in [2.45, 2.75) is 30.8 Å². The Labute approximate surface area is 162 Å². The molecule has 140 valence electrons. The van der Waals surface area contributed by atoms with E-state index in [-0.39, 0.29) is 5.37 Å². The van der Waals surface area contributed by atoms with Gasteiger partial charge >= 0.3 is 0 Å². The van der Waals surface area contributed by atoms with E-state index in [1.54, 1.807) is 26.0 Å². The van der Waals surface area contributed by atoms with Crippen LogP contribution in [0.5, 0.6) is 11.5 Å². The molecule has 0 aliphatic carbocycles. The lowest BCUT2D eigenvalue weighted by Crippen LogP contribution is -2.15. The van der Waals surface area contributed by atoms with E-state index in [2.05, 4.69) is 47.7 Å². The summed E-state index contributed by atoms with van der Waals surface area (Å²) in [5, 5.41) is 9.58. The molecule has 1 atom stereocenters. The molecule has 2 heterocycles. The number of benzene rings is 2. The van der Waals surface area contributed by atoms with Gasteiger partial charge in [-0.15, -0.1) is 10.2 Å². The van der Waals surface area contributed by atoms with E-state index < -0.39 is 0 Å². The average molecular weight is 382 g/mol. The van der Waals surface area contributed by atoms with Crippen molar-refractivity contribution in [2.75, 3.05) is 19.6 Å². The molecule has 0 saturated heterocycles. The van der Waals surface area contributed by atoms with Crippen molar-refractivity contribution in [3.05, 3.63) is 53.1 Å².